The number of amides is 3. The van der Waals surface area contributed by atoms with E-state index in [1.807, 2.05) is 4.90 Å². The third-order valence-electron chi connectivity index (χ3n) is 7.37. The Balaban J connectivity index is 0.00000442. The van der Waals surface area contributed by atoms with Gasteiger partial charge in [-0.1, -0.05) is 16.8 Å². The molecule has 230 valence electrons. The van der Waals surface area contributed by atoms with Crippen molar-refractivity contribution < 1.29 is 68.6 Å². The molecule has 4 aliphatic heterocycles. The molecule has 1 aromatic rings. The van der Waals surface area contributed by atoms with Crippen LogP contribution in [0.25, 0.3) is 0 Å². The van der Waals surface area contributed by atoms with Crippen LogP contribution in [-0.2, 0) is 28.8 Å². The van der Waals surface area contributed by atoms with Crippen molar-refractivity contribution in [2.24, 2.45) is 5.16 Å². The molecule has 3 atom stereocenters. The van der Waals surface area contributed by atoms with Crippen molar-refractivity contribution in [1.29, 1.82) is 0 Å². The number of nitrogens with one attached hydrogen (secondary N) is 2. The zero-order valence-corrected chi connectivity index (χ0v) is 27.9. The van der Waals surface area contributed by atoms with Crippen LogP contribution in [0.2, 0.25) is 0 Å². The van der Waals surface area contributed by atoms with Crippen LogP contribution < -0.4 is 45.9 Å². The molecular formula is C25H30N8NaO8S2+. The van der Waals surface area contributed by atoms with E-state index in [-0.39, 0.29) is 63.9 Å². The number of rotatable bonds is 9. The number of hydrogen-bond donors (Lipinski definition) is 5. The predicted molar refractivity (Wildman–Crippen MR) is 154 cm³/mol. The van der Waals surface area contributed by atoms with Crippen molar-refractivity contribution in [3.8, 4) is 0 Å². The SMILES string of the molecule is CC(C)(O/N=C(\C(=O)N[C@@H]1C(=O)N2C(C(=O)O)=C(/C=C3\CNC(C(=O)N4CCCC4)C3)CS[C@H]12)c1nsc(N)n1)C(=O)O.[Na+]. The average Bonchev–Trinajstić information content (AvgIpc) is 3.74. The normalized spacial score (nSPS) is 24.5. The molecular weight excluding hydrogens is 627 g/mol. The number of carbonyl (C=O) groups excluding carboxylic acids is 3. The quantitative estimate of drug-likeness (QED) is 0.0748. The minimum absolute atomic E-state index is 0. The average molecular weight is 658 g/mol. The molecule has 5 heterocycles. The number of carboxylic acids is 2. The zero-order valence-electron chi connectivity index (χ0n) is 24.2. The largest absolute Gasteiger partial charge is 1.00 e. The van der Waals surface area contributed by atoms with E-state index in [0.29, 0.717) is 18.5 Å². The number of aliphatic carboxylic acids is 2. The Bertz CT molecular complexity index is 1470. The van der Waals surface area contributed by atoms with Crippen LogP contribution in [0.4, 0.5) is 5.13 Å². The van der Waals surface area contributed by atoms with Crippen molar-refractivity contribution in [1.82, 2.24) is 29.8 Å². The number of fused-ring (bicyclic) bond motifs is 1. The summed E-state index contributed by atoms with van der Waals surface area (Å²) in [5.74, 6) is -4.16. The van der Waals surface area contributed by atoms with E-state index in [0.717, 1.165) is 47.9 Å². The Morgan fingerprint density at radius 2 is 1.93 bits per heavy atom. The van der Waals surface area contributed by atoms with E-state index in [4.69, 9.17) is 10.6 Å². The standard InChI is InChI=1S/C25H30N8O8S2.Na/c1-25(2,23(39)40)41-30-14(17-29-24(26)43-31-17)18(34)28-15-20(36)33-16(22(37)38)12(10-42-21(15)33)7-11-8-13(27-9-11)19(35)32-5-3-4-6-32;/h7,13,15,21,27H,3-6,8-10H2,1-2H3,(H,28,34)(H,37,38)(H,39,40)(H2,26,29,31);/q;+1/b11-7-,30-14-;/t13?,15-,21-;/m1./s1. The van der Waals surface area contributed by atoms with E-state index >= 15 is 0 Å². The number of aromatic nitrogens is 2. The van der Waals surface area contributed by atoms with Gasteiger partial charge in [-0.05, 0) is 38.7 Å². The minimum atomic E-state index is -1.79. The summed E-state index contributed by atoms with van der Waals surface area (Å²) in [6, 6.07) is -1.47. The van der Waals surface area contributed by atoms with E-state index in [2.05, 4.69) is 25.1 Å². The van der Waals surface area contributed by atoms with Crippen LogP contribution in [0.1, 0.15) is 38.9 Å². The van der Waals surface area contributed by atoms with Gasteiger partial charge in [0, 0.05) is 36.9 Å². The zero-order chi connectivity index (χ0) is 31.1. The van der Waals surface area contributed by atoms with Crippen LogP contribution in [0.5, 0.6) is 0 Å². The molecule has 0 aromatic carbocycles. The topological polar surface area (TPSA) is 230 Å². The first-order valence-corrected chi connectivity index (χ1v) is 15.2. The Morgan fingerprint density at radius 1 is 1.23 bits per heavy atom. The van der Waals surface area contributed by atoms with Gasteiger partial charge in [-0.25, -0.2) is 9.59 Å². The molecule has 6 N–H and O–H groups in total. The van der Waals surface area contributed by atoms with Gasteiger partial charge in [0.1, 0.15) is 17.1 Å². The first-order chi connectivity index (χ1) is 20.4. The molecule has 4 aliphatic rings. The summed E-state index contributed by atoms with van der Waals surface area (Å²) in [7, 11) is 0. The number of carbonyl (C=O) groups is 5. The number of carboxylic acid groups (broad SMARTS) is 2. The first-order valence-electron chi connectivity index (χ1n) is 13.4. The molecule has 0 saturated carbocycles. The van der Waals surface area contributed by atoms with Gasteiger partial charge < -0.3 is 36.3 Å². The number of nitrogen functional groups attached to an aromatic ring is 1. The predicted octanol–water partition coefficient (Wildman–Crippen LogP) is -3.64. The Hall–Kier alpha value is -3.03. The maximum Gasteiger partial charge on any atom is 1.00 e. The van der Waals surface area contributed by atoms with Crippen molar-refractivity contribution in [2.45, 2.75) is 56.2 Å². The van der Waals surface area contributed by atoms with Crippen molar-refractivity contribution in [3.05, 3.63) is 28.7 Å². The van der Waals surface area contributed by atoms with Crippen LogP contribution in [-0.4, -0.2) is 113 Å². The maximum atomic E-state index is 13.2. The minimum Gasteiger partial charge on any atom is -0.478 e. The molecule has 1 aromatic heterocycles. The summed E-state index contributed by atoms with van der Waals surface area (Å²) in [6.45, 7) is 4.37. The Labute approximate surface area is 281 Å². The number of β-lactam (4-membered cyclic amide) rings is 1. The van der Waals surface area contributed by atoms with Crippen molar-refractivity contribution in [3.63, 3.8) is 0 Å². The molecule has 0 spiro atoms. The molecule has 19 heteroatoms. The Morgan fingerprint density at radius 3 is 2.55 bits per heavy atom. The van der Waals surface area contributed by atoms with Gasteiger partial charge in [0.25, 0.3) is 11.8 Å². The molecule has 5 rings (SSSR count). The van der Waals surface area contributed by atoms with Crippen LogP contribution in [0.15, 0.2) is 28.1 Å². The Kier molecular flexibility index (Phi) is 10.4. The molecule has 0 bridgehead atoms. The second kappa shape index (κ2) is 13.5. The molecule has 16 nitrogen and oxygen atoms in total. The number of nitrogens with zero attached hydrogens (tertiary/aromatic N) is 5. The van der Waals surface area contributed by atoms with Gasteiger partial charge >= 0.3 is 41.5 Å². The van der Waals surface area contributed by atoms with E-state index in [9.17, 15) is 34.2 Å². The number of thioether (sulfide) groups is 1. The molecule has 3 saturated heterocycles. The van der Waals surface area contributed by atoms with Gasteiger partial charge in [0.2, 0.25) is 23.0 Å². The fourth-order valence-electron chi connectivity index (χ4n) is 5.03. The number of hydrogen-bond acceptors (Lipinski definition) is 13. The fourth-order valence-corrected chi connectivity index (χ4v) is 6.77. The summed E-state index contributed by atoms with van der Waals surface area (Å²) in [6.07, 6.45) is 4.16. The van der Waals surface area contributed by atoms with Crippen LogP contribution in [0, 0.1) is 0 Å². The molecule has 44 heavy (non-hydrogen) atoms. The summed E-state index contributed by atoms with van der Waals surface area (Å²) in [5.41, 5.74) is 4.45. The van der Waals surface area contributed by atoms with E-state index in [1.165, 1.54) is 25.6 Å². The summed E-state index contributed by atoms with van der Waals surface area (Å²) < 4.78 is 3.93. The molecule has 1 unspecified atom stereocenters. The third kappa shape index (κ3) is 6.79. The van der Waals surface area contributed by atoms with Gasteiger partial charge in [0.15, 0.2) is 5.13 Å². The first kappa shape index (κ1) is 33.9. The maximum absolute atomic E-state index is 13.2. The smallest absolute Gasteiger partial charge is 0.478 e. The van der Waals surface area contributed by atoms with Gasteiger partial charge in [0.05, 0.1) is 6.04 Å². The number of likely N-dealkylation sites (tertiary alicyclic amines) is 1. The van der Waals surface area contributed by atoms with Crippen molar-refractivity contribution in [2.75, 3.05) is 31.1 Å². The fraction of sp³-hybridized carbons (Fsp3) is 0.520. The molecule has 3 fully saturated rings. The number of nitrogens with two attached hydrogens (primary N) is 1. The van der Waals surface area contributed by atoms with Crippen molar-refractivity contribution >= 4 is 63.8 Å². The van der Waals surface area contributed by atoms with Crippen LogP contribution >= 0.6 is 23.3 Å². The second-order valence-corrected chi connectivity index (χ2v) is 12.7. The van der Waals surface area contributed by atoms with Gasteiger partial charge in [-0.2, -0.15) is 9.36 Å². The summed E-state index contributed by atoms with van der Waals surface area (Å²) in [5, 5.41) is 28.0. The van der Waals surface area contributed by atoms with Gasteiger partial charge in [-0.15, -0.1) is 11.8 Å². The number of allylic oxidation sites excluding steroid dienone is 1. The third-order valence-corrected chi connectivity index (χ3v) is 9.22. The molecule has 0 radical (unpaired) electrons. The van der Waals surface area contributed by atoms with E-state index < -0.39 is 46.5 Å². The summed E-state index contributed by atoms with van der Waals surface area (Å²) >= 11 is 2.05. The summed E-state index contributed by atoms with van der Waals surface area (Å²) in [4.78, 5) is 74.9. The second-order valence-electron chi connectivity index (χ2n) is 10.8. The monoisotopic (exact) mass is 657 g/mol. The molecule has 3 amide bonds. The van der Waals surface area contributed by atoms with E-state index in [1.54, 1.807) is 6.08 Å². The number of anilines is 1. The number of oxime groups is 1. The van der Waals surface area contributed by atoms with Crippen LogP contribution in [0.3, 0.4) is 0 Å². The van der Waals surface area contributed by atoms with Gasteiger partial charge in [-0.3, -0.25) is 19.3 Å². The molecule has 0 aliphatic carbocycles.